The van der Waals surface area contributed by atoms with Crippen LogP contribution < -0.4 is 5.32 Å². The van der Waals surface area contributed by atoms with E-state index in [2.05, 4.69) is 12.2 Å². The molecule has 1 fully saturated rings. The third-order valence-electron chi connectivity index (χ3n) is 3.47. The zero-order chi connectivity index (χ0) is 10.7. The predicted molar refractivity (Wildman–Crippen MR) is 62.1 cm³/mol. The number of nitrogens with one attached hydrogen (secondary N) is 1. The molecule has 0 aliphatic carbocycles. The molecular weight excluding hydrogens is 186 g/mol. The zero-order valence-corrected chi connectivity index (χ0v) is 9.24. The van der Waals surface area contributed by atoms with E-state index < -0.39 is 0 Å². The van der Waals surface area contributed by atoms with Gasteiger partial charge < -0.3 is 10.4 Å². The number of piperidine rings is 1. The van der Waals surface area contributed by atoms with Gasteiger partial charge in [0.05, 0.1) is 0 Å². The molecular formula is C13H19NO. The van der Waals surface area contributed by atoms with E-state index in [1.807, 2.05) is 18.2 Å². The van der Waals surface area contributed by atoms with Crippen LogP contribution in [0.1, 0.15) is 31.2 Å². The van der Waals surface area contributed by atoms with Gasteiger partial charge in [-0.1, -0.05) is 25.1 Å². The molecule has 0 bridgehead atoms. The highest BCUT2D eigenvalue weighted by molar-refractivity contribution is 5.35. The predicted octanol–water partition coefficient (Wildman–Crippen LogP) is 2.50. The first-order chi connectivity index (χ1) is 7.29. The van der Waals surface area contributed by atoms with Crippen LogP contribution in [0.2, 0.25) is 0 Å². The summed E-state index contributed by atoms with van der Waals surface area (Å²) in [6.07, 6.45) is 2.52. The first kappa shape index (κ1) is 10.5. The number of phenols is 1. The minimum atomic E-state index is 0.440. The van der Waals surface area contributed by atoms with E-state index in [-0.39, 0.29) is 0 Å². The van der Waals surface area contributed by atoms with Crippen LogP contribution in [0.3, 0.4) is 0 Å². The van der Waals surface area contributed by atoms with Gasteiger partial charge in [-0.15, -0.1) is 0 Å². The smallest absolute Gasteiger partial charge is 0.119 e. The summed E-state index contributed by atoms with van der Waals surface area (Å²) < 4.78 is 0. The molecule has 2 N–H and O–H groups in total. The van der Waals surface area contributed by atoms with Crippen molar-refractivity contribution in [1.29, 1.82) is 0 Å². The van der Waals surface area contributed by atoms with Crippen LogP contribution in [-0.4, -0.2) is 18.2 Å². The Morgan fingerprint density at radius 2 is 2.20 bits per heavy atom. The van der Waals surface area contributed by atoms with Crippen LogP contribution >= 0.6 is 0 Å². The summed E-state index contributed by atoms with van der Waals surface area (Å²) in [5.74, 6) is 1.54. The number of para-hydroxylation sites is 1. The summed E-state index contributed by atoms with van der Waals surface area (Å²) in [7, 11) is 0. The minimum absolute atomic E-state index is 0.440. The van der Waals surface area contributed by atoms with Gasteiger partial charge in [-0.25, -0.2) is 0 Å². The van der Waals surface area contributed by atoms with Crippen molar-refractivity contribution in [3.8, 4) is 5.75 Å². The Morgan fingerprint density at radius 3 is 2.87 bits per heavy atom. The summed E-state index contributed by atoms with van der Waals surface area (Å²) in [6, 6.07) is 7.70. The third-order valence-corrected chi connectivity index (χ3v) is 3.47. The topological polar surface area (TPSA) is 32.3 Å². The number of benzene rings is 1. The van der Waals surface area contributed by atoms with E-state index >= 15 is 0 Å². The van der Waals surface area contributed by atoms with Crippen molar-refractivity contribution < 1.29 is 5.11 Å². The fraction of sp³-hybridized carbons (Fsp3) is 0.538. The van der Waals surface area contributed by atoms with Crippen molar-refractivity contribution >= 4 is 0 Å². The van der Waals surface area contributed by atoms with Crippen LogP contribution in [0.5, 0.6) is 5.75 Å². The molecule has 82 valence electrons. The Morgan fingerprint density at radius 1 is 1.40 bits per heavy atom. The molecule has 0 aromatic heterocycles. The third kappa shape index (κ3) is 2.32. The molecule has 1 aliphatic rings. The van der Waals surface area contributed by atoms with Crippen LogP contribution in [0, 0.1) is 5.92 Å². The molecule has 0 amide bonds. The van der Waals surface area contributed by atoms with Crippen molar-refractivity contribution in [2.24, 2.45) is 5.92 Å². The number of rotatable bonds is 2. The largest absolute Gasteiger partial charge is 0.508 e. The lowest BCUT2D eigenvalue weighted by molar-refractivity contribution is 0.328. The summed E-state index contributed by atoms with van der Waals surface area (Å²) in [5.41, 5.74) is 1.09. The number of phenolic OH excluding ortho intramolecular Hbond substituents is 1. The second-order valence-corrected chi connectivity index (χ2v) is 4.45. The SMILES string of the molecule is CC(c1ccccc1O)C1CCCNC1. The molecule has 0 radical (unpaired) electrons. The average molecular weight is 205 g/mol. The molecule has 2 unspecified atom stereocenters. The molecule has 0 saturated carbocycles. The Hall–Kier alpha value is -1.02. The van der Waals surface area contributed by atoms with E-state index in [1.165, 1.54) is 12.8 Å². The van der Waals surface area contributed by atoms with Crippen molar-refractivity contribution in [3.63, 3.8) is 0 Å². The molecule has 2 nitrogen and oxygen atoms in total. The van der Waals surface area contributed by atoms with Crippen LogP contribution in [0.15, 0.2) is 24.3 Å². The van der Waals surface area contributed by atoms with Crippen molar-refractivity contribution in [1.82, 2.24) is 5.32 Å². The lowest BCUT2D eigenvalue weighted by Gasteiger charge is -2.28. The lowest BCUT2D eigenvalue weighted by Crippen LogP contribution is -2.32. The lowest BCUT2D eigenvalue weighted by atomic mass is 9.82. The fourth-order valence-electron chi connectivity index (χ4n) is 2.43. The molecule has 1 saturated heterocycles. The molecule has 15 heavy (non-hydrogen) atoms. The maximum Gasteiger partial charge on any atom is 0.119 e. The van der Waals surface area contributed by atoms with E-state index in [1.54, 1.807) is 6.07 Å². The summed E-state index contributed by atoms with van der Waals surface area (Å²) in [5, 5.41) is 13.2. The Bertz CT molecular complexity index is 318. The zero-order valence-electron chi connectivity index (χ0n) is 9.24. The number of aromatic hydroxyl groups is 1. The van der Waals surface area contributed by atoms with E-state index in [0.29, 0.717) is 17.6 Å². The second kappa shape index (κ2) is 4.67. The first-order valence-corrected chi connectivity index (χ1v) is 5.77. The van der Waals surface area contributed by atoms with Crippen LogP contribution in [-0.2, 0) is 0 Å². The number of hydrogen-bond acceptors (Lipinski definition) is 2. The van der Waals surface area contributed by atoms with Gasteiger partial charge in [0.2, 0.25) is 0 Å². The maximum atomic E-state index is 9.79. The highest BCUT2D eigenvalue weighted by Crippen LogP contribution is 2.33. The Labute approximate surface area is 91.3 Å². The average Bonchev–Trinajstić information content (AvgIpc) is 2.30. The van der Waals surface area contributed by atoms with Gasteiger partial charge in [-0.05, 0) is 49.4 Å². The fourth-order valence-corrected chi connectivity index (χ4v) is 2.43. The van der Waals surface area contributed by atoms with Gasteiger partial charge in [0.25, 0.3) is 0 Å². The summed E-state index contributed by atoms with van der Waals surface area (Å²) >= 11 is 0. The molecule has 2 atom stereocenters. The van der Waals surface area contributed by atoms with Crippen LogP contribution in [0.25, 0.3) is 0 Å². The molecule has 2 heteroatoms. The van der Waals surface area contributed by atoms with E-state index in [4.69, 9.17) is 0 Å². The second-order valence-electron chi connectivity index (χ2n) is 4.45. The quantitative estimate of drug-likeness (QED) is 0.777. The van der Waals surface area contributed by atoms with Gasteiger partial charge >= 0.3 is 0 Å². The molecule has 0 spiro atoms. The highest BCUT2D eigenvalue weighted by Gasteiger charge is 2.22. The molecule has 1 aromatic carbocycles. The van der Waals surface area contributed by atoms with Crippen molar-refractivity contribution in [2.75, 3.05) is 13.1 Å². The standard InChI is InChI=1S/C13H19NO/c1-10(11-5-4-8-14-9-11)12-6-2-3-7-13(12)15/h2-3,6-7,10-11,14-15H,4-5,8-9H2,1H3. The number of hydrogen-bond donors (Lipinski definition) is 2. The van der Waals surface area contributed by atoms with Gasteiger partial charge in [0.15, 0.2) is 0 Å². The molecule has 1 aliphatic heterocycles. The van der Waals surface area contributed by atoms with Crippen molar-refractivity contribution in [3.05, 3.63) is 29.8 Å². The summed E-state index contributed by atoms with van der Waals surface area (Å²) in [6.45, 7) is 4.44. The van der Waals surface area contributed by atoms with Gasteiger partial charge in [-0.2, -0.15) is 0 Å². The molecule has 1 aromatic rings. The monoisotopic (exact) mass is 205 g/mol. The normalized spacial score (nSPS) is 23.7. The van der Waals surface area contributed by atoms with E-state index in [9.17, 15) is 5.11 Å². The van der Waals surface area contributed by atoms with Gasteiger partial charge in [0, 0.05) is 0 Å². The highest BCUT2D eigenvalue weighted by atomic mass is 16.3. The summed E-state index contributed by atoms with van der Waals surface area (Å²) in [4.78, 5) is 0. The first-order valence-electron chi connectivity index (χ1n) is 5.77. The Kier molecular flexibility index (Phi) is 3.27. The molecule has 1 heterocycles. The van der Waals surface area contributed by atoms with Gasteiger partial charge in [-0.3, -0.25) is 0 Å². The van der Waals surface area contributed by atoms with Gasteiger partial charge in [0.1, 0.15) is 5.75 Å². The minimum Gasteiger partial charge on any atom is -0.508 e. The Balaban J connectivity index is 2.12. The molecule has 2 rings (SSSR count). The van der Waals surface area contributed by atoms with Crippen molar-refractivity contribution in [2.45, 2.75) is 25.7 Å². The maximum absolute atomic E-state index is 9.79. The van der Waals surface area contributed by atoms with E-state index in [0.717, 1.165) is 18.7 Å². The van der Waals surface area contributed by atoms with Crippen LogP contribution in [0.4, 0.5) is 0 Å².